The molecule has 7 heteroatoms. The predicted octanol–water partition coefficient (Wildman–Crippen LogP) is 3.72. The van der Waals surface area contributed by atoms with Crippen LogP contribution in [0.25, 0.3) is 0 Å². The highest BCUT2D eigenvalue weighted by atomic mass is 35.5. The molecule has 2 aromatic rings. The summed E-state index contributed by atoms with van der Waals surface area (Å²) in [7, 11) is 0. The number of amides is 1. The van der Waals surface area contributed by atoms with Gasteiger partial charge in [-0.1, -0.05) is 17.7 Å². The molecule has 0 radical (unpaired) electrons. The average Bonchev–Trinajstić information content (AvgIpc) is 2.73. The van der Waals surface area contributed by atoms with Crippen LogP contribution in [0.1, 0.15) is 18.1 Å². The fourth-order valence-corrected chi connectivity index (χ4v) is 2.90. The van der Waals surface area contributed by atoms with Crippen molar-refractivity contribution in [3.05, 3.63) is 58.6 Å². The van der Waals surface area contributed by atoms with Crippen molar-refractivity contribution in [2.75, 3.05) is 38.3 Å². The smallest absolute Gasteiger partial charge is 0.260 e. The lowest BCUT2D eigenvalue weighted by molar-refractivity contribution is -0.137. The second kappa shape index (κ2) is 9.57. The molecule has 28 heavy (non-hydrogen) atoms. The van der Waals surface area contributed by atoms with Crippen LogP contribution in [0.15, 0.2) is 47.6 Å². The Balaban J connectivity index is 1.53. The molecule has 1 aliphatic rings. The van der Waals surface area contributed by atoms with Crippen LogP contribution < -0.4 is 10.2 Å². The van der Waals surface area contributed by atoms with E-state index in [1.165, 1.54) is 0 Å². The summed E-state index contributed by atoms with van der Waals surface area (Å²) >= 11 is 6.13. The van der Waals surface area contributed by atoms with Crippen molar-refractivity contribution in [3.8, 4) is 5.75 Å². The number of nitrogens with zero attached hydrogens (tertiary/aromatic N) is 2. The minimum Gasteiger partial charge on any atom is -0.484 e. The van der Waals surface area contributed by atoms with Crippen molar-refractivity contribution in [3.63, 3.8) is 0 Å². The zero-order chi connectivity index (χ0) is 19.9. The normalized spacial score (nSPS) is 14.7. The predicted molar refractivity (Wildman–Crippen MR) is 111 cm³/mol. The van der Waals surface area contributed by atoms with Gasteiger partial charge in [0.2, 0.25) is 0 Å². The van der Waals surface area contributed by atoms with Crippen LogP contribution in [0.3, 0.4) is 0 Å². The second-order valence-corrected chi connectivity index (χ2v) is 6.99. The van der Waals surface area contributed by atoms with E-state index in [0.717, 1.165) is 22.5 Å². The quantitative estimate of drug-likeness (QED) is 0.592. The number of carbonyl (C=O) groups is 1. The van der Waals surface area contributed by atoms with Gasteiger partial charge in [0, 0.05) is 18.1 Å². The molecule has 1 heterocycles. The first-order chi connectivity index (χ1) is 13.5. The highest BCUT2D eigenvalue weighted by Crippen LogP contribution is 2.20. The fraction of sp³-hybridized carbons (Fsp3) is 0.333. The maximum Gasteiger partial charge on any atom is 0.260 e. The summed E-state index contributed by atoms with van der Waals surface area (Å²) in [4.78, 5) is 13.9. The number of halogens is 1. The maximum absolute atomic E-state index is 12.1. The molecule has 1 fully saturated rings. The van der Waals surface area contributed by atoms with E-state index >= 15 is 0 Å². The molecule has 1 amide bonds. The zero-order valence-electron chi connectivity index (χ0n) is 16.1. The molecule has 0 saturated carbocycles. The number of hydrazone groups is 1. The van der Waals surface area contributed by atoms with E-state index in [1.807, 2.05) is 56.3 Å². The molecule has 0 spiro atoms. The van der Waals surface area contributed by atoms with E-state index in [1.54, 1.807) is 4.90 Å². The molecule has 1 aliphatic heterocycles. The van der Waals surface area contributed by atoms with E-state index in [9.17, 15) is 4.79 Å². The van der Waals surface area contributed by atoms with E-state index in [0.29, 0.717) is 37.1 Å². The summed E-state index contributed by atoms with van der Waals surface area (Å²) in [5.74, 6) is 0.627. The molecule has 0 atom stereocenters. The summed E-state index contributed by atoms with van der Waals surface area (Å²) in [6, 6.07) is 13.2. The van der Waals surface area contributed by atoms with Gasteiger partial charge in [0.25, 0.3) is 5.91 Å². The molecular weight excluding hydrogens is 378 g/mol. The molecule has 1 N–H and O–H groups in total. The molecule has 0 aliphatic carbocycles. The van der Waals surface area contributed by atoms with Gasteiger partial charge in [-0.3, -0.25) is 10.2 Å². The number of aryl methyl sites for hydroxylation is 1. The molecule has 0 bridgehead atoms. The highest BCUT2D eigenvalue weighted by molar-refractivity contribution is 6.31. The number of carbonyl (C=O) groups excluding carboxylic acids is 1. The van der Waals surface area contributed by atoms with E-state index in [2.05, 4.69) is 10.5 Å². The third kappa shape index (κ3) is 5.47. The van der Waals surface area contributed by atoms with Crippen LogP contribution in [-0.2, 0) is 9.53 Å². The van der Waals surface area contributed by atoms with Crippen LogP contribution in [0.4, 0.5) is 5.69 Å². The third-order valence-electron chi connectivity index (χ3n) is 4.52. The van der Waals surface area contributed by atoms with Gasteiger partial charge < -0.3 is 14.4 Å². The Morgan fingerprint density at radius 2 is 1.93 bits per heavy atom. The number of benzene rings is 2. The number of hydrogen-bond acceptors (Lipinski definition) is 5. The van der Waals surface area contributed by atoms with Gasteiger partial charge in [0.05, 0.1) is 24.6 Å². The largest absolute Gasteiger partial charge is 0.484 e. The van der Waals surface area contributed by atoms with Crippen LogP contribution in [0.5, 0.6) is 5.75 Å². The second-order valence-electron chi connectivity index (χ2n) is 6.58. The van der Waals surface area contributed by atoms with Gasteiger partial charge in [-0.25, -0.2) is 0 Å². The van der Waals surface area contributed by atoms with Crippen LogP contribution >= 0.6 is 11.6 Å². The third-order valence-corrected chi connectivity index (χ3v) is 4.93. The molecule has 0 unspecified atom stereocenters. The van der Waals surface area contributed by atoms with E-state index in [-0.39, 0.29) is 12.5 Å². The van der Waals surface area contributed by atoms with Crippen molar-refractivity contribution in [2.24, 2.45) is 5.10 Å². The number of hydrogen-bond donors (Lipinski definition) is 1. The minimum absolute atomic E-state index is 0.0221. The number of anilines is 1. The molecule has 2 aromatic carbocycles. The Morgan fingerprint density at radius 1 is 1.21 bits per heavy atom. The van der Waals surface area contributed by atoms with Crippen molar-refractivity contribution in [1.82, 2.24) is 4.90 Å². The van der Waals surface area contributed by atoms with Crippen molar-refractivity contribution in [2.45, 2.75) is 13.8 Å². The average molecular weight is 402 g/mol. The Morgan fingerprint density at radius 3 is 2.61 bits per heavy atom. The molecule has 3 rings (SSSR count). The summed E-state index contributed by atoms with van der Waals surface area (Å²) < 4.78 is 10.9. The fourth-order valence-electron chi connectivity index (χ4n) is 2.72. The molecule has 0 aromatic heterocycles. The molecule has 1 saturated heterocycles. The van der Waals surface area contributed by atoms with E-state index in [4.69, 9.17) is 21.1 Å². The highest BCUT2D eigenvalue weighted by Gasteiger charge is 2.17. The lowest BCUT2D eigenvalue weighted by atomic mass is 10.1. The first-order valence-corrected chi connectivity index (χ1v) is 9.56. The summed E-state index contributed by atoms with van der Waals surface area (Å²) in [5.41, 5.74) is 6.65. The van der Waals surface area contributed by atoms with Crippen LogP contribution in [0, 0.1) is 6.92 Å². The van der Waals surface area contributed by atoms with Gasteiger partial charge >= 0.3 is 0 Å². The minimum atomic E-state index is -0.0221. The number of nitrogens with one attached hydrogen (secondary N) is 1. The Kier molecular flexibility index (Phi) is 6.90. The first kappa shape index (κ1) is 20.2. The lowest BCUT2D eigenvalue weighted by Crippen LogP contribution is -2.42. The van der Waals surface area contributed by atoms with Crippen LogP contribution in [0.2, 0.25) is 5.02 Å². The van der Waals surface area contributed by atoms with E-state index < -0.39 is 0 Å². The first-order valence-electron chi connectivity index (χ1n) is 9.18. The maximum atomic E-state index is 12.1. The van der Waals surface area contributed by atoms with Gasteiger partial charge in [-0.2, -0.15) is 5.10 Å². The lowest BCUT2D eigenvalue weighted by Gasteiger charge is -2.26. The Bertz CT molecular complexity index is 846. The van der Waals surface area contributed by atoms with Crippen molar-refractivity contribution in [1.29, 1.82) is 0 Å². The van der Waals surface area contributed by atoms with Crippen molar-refractivity contribution < 1.29 is 14.3 Å². The number of ether oxygens (including phenoxy) is 2. The summed E-state index contributed by atoms with van der Waals surface area (Å²) in [5, 5.41) is 5.10. The van der Waals surface area contributed by atoms with Gasteiger partial charge in [0.15, 0.2) is 6.61 Å². The van der Waals surface area contributed by atoms with Gasteiger partial charge in [-0.15, -0.1) is 0 Å². The Labute approximate surface area is 170 Å². The van der Waals surface area contributed by atoms with Gasteiger partial charge in [-0.05, 0) is 61.4 Å². The number of rotatable bonds is 6. The monoisotopic (exact) mass is 401 g/mol. The van der Waals surface area contributed by atoms with Crippen LogP contribution in [-0.4, -0.2) is 49.4 Å². The topological polar surface area (TPSA) is 63.2 Å². The Hall–Kier alpha value is -2.57. The molecule has 6 nitrogen and oxygen atoms in total. The molecule has 148 valence electrons. The van der Waals surface area contributed by atoms with Gasteiger partial charge in [0.1, 0.15) is 5.75 Å². The number of morpholine rings is 1. The van der Waals surface area contributed by atoms with Crippen molar-refractivity contribution >= 4 is 28.9 Å². The summed E-state index contributed by atoms with van der Waals surface area (Å²) in [6.07, 6.45) is 0. The SMILES string of the molecule is C/C(=N/Nc1ccc(C)c(Cl)c1)c1ccc(OCC(=O)N2CCOCC2)cc1. The summed E-state index contributed by atoms with van der Waals surface area (Å²) in [6.45, 7) is 6.32. The molecular formula is C21H24ClN3O3. The zero-order valence-corrected chi connectivity index (χ0v) is 16.8. The standard InChI is InChI=1S/C21H24ClN3O3/c1-15-3-6-18(13-20(15)22)24-23-16(2)17-4-7-19(8-5-17)28-14-21(26)25-9-11-27-12-10-25/h3-8,13,24H,9-12,14H2,1-2H3/b23-16-.